The summed E-state index contributed by atoms with van der Waals surface area (Å²) in [5.41, 5.74) is 0. The number of carboxylic acids is 1. The van der Waals surface area contributed by atoms with Crippen LogP contribution >= 0.6 is 23.1 Å². The van der Waals surface area contributed by atoms with Crippen LogP contribution in [0.25, 0.3) is 0 Å². The quantitative estimate of drug-likeness (QED) is 0.748. The van der Waals surface area contributed by atoms with Gasteiger partial charge in [-0.25, -0.2) is 4.98 Å². The van der Waals surface area contributed by atoms with Crippen LogP contribution in [0.5, 0.6) is 0 Å². The maximum absolute atomic E-state index is 10.9. The average molecular weight is 246 g/mol. The van der Waals surface area contributed by atoms with Crippen LogP contribution in [0.1, 0.15) is 13.8 Å². The third-order valence-electron chi connectivity index (χ3n) is 1.62. The number of rotatable bonds is 6. The third kappa shape index (κ3) is 4.63. The molecule has 1 heterocycles. The molecule has 0 aliphatic carbocycles. The van der Waals surface area contributed by atoms with Gasteiger partial charge in [0.1, 0.15) is 10.4 Å². The Morgan fingerprint density at radius 1 is 1.73 bits per heavy atom. The lowest BCUT2D eigenvalue weighted by Gasteiger charge is -2.15. The van der Waals surface area contributed by atoms with Gasteiger partial charge in [0.15, 0.2) is 0 Å². The van der Waals surface area contributed by atoms with Crippen molar-refractivity contribution >= 4 is 29.1 Å². The number of carboxylic acid groups (broad SMARTS) is 1. The highest BCUT2D eigenvalue weighted by Gasteiger charge is 2.18. The SMILES string of the molecule is CC(C)NC(CSc1nccs1)C(=O)O. The molecule has 1 atom stereocenters. The molecular weight excluding hydrogens is 232 g/mol. The zero-order valence-corrected chi connectivity index (χ0v) is 10.3. The number of nitrogens with zero attached hydrogens (tertiary/aromatic N) is 1. The predicted octanol–water partition coefficient (Wildman–Crippen LogP) is 1.69. The molecule has 6 heteroatoms. The van der Waals surface area contributed by atoms with Gasteiger partial charge in [-0.3, -0.25) is 4.79 Å². The molecule has 1 aromatic heterocycles. The first kappa shape index (κ1) is 12.5. The van der Waals surface area contributed by atoms with Crippen molar-refractivity contribution in [2.24, 2.45) is 0 Å². The summed E-state index contributed by atoms with van der Waals surface area (Å²) in [4.78, 5) is 15.0. The van der Waals surface area contributed by atoms with Crippen LogP contribution < -0.4 is 5.32 Å². The second-order valence-corrected chi connectivity index (χ2v) is 5.48. The molecule has 84 valence electrons. The molecule has 0 saturated heterocycles. The molecule has 1 rings (SSSR count). The normalized spacial score (nSPS) is 13.0. The summed E-state index contributed by atoms with van der Waals surface area (Å²) in [6, 6.07) is -0.345. The Hall–Kier alpha value is -0.590. The van der Waals surface area contributed by atoms with Crippen molar-refractivity contribution < 1.29 is 9.90 Å². The molecule has 1 aromatic rings. The van der Waals surface area contributed by atoms with Crippen molar-refractivity contribution in [3.63, 3.8) is 0 Å². The number of carbonyl (C=O) groups is 1. The fourth-order valence-corrected chi connectivity index (χ4v) is 2.72. The molecule has 0 bridgehead atoms. The van der Waals surface area contributed by atoms with E-state index in [0.717, 1.165) is 4.34 Å². The van der Waals surface area contributed by atoms with Crippen LogP contribution in [-0.2, 0) is 4.79 Å². The largest absolute Gasteiger partial charge is 0.480 e. The monoisotopic (exact) mass is 246 g/mol. The highest BCUT2D eigenvalue weighted by molar-refractivity contribution is 8.01. The molecule has 0 radical (unpaired) electrons. The van der Waals surface area contributed by atoms with E-state index in [9.17, 15) is 4.79 Å². The number of hydrogen-bond acceptors (Lipinski definition) is 5. The Morgan fingerprint density at radius 3 is 2.93 bits per heavy atom. The first-order valence-electron chi connectivity index (χ1n) is 4.60. The summed E-state index contributed by atoms with van der Waals surface area (Å²) < 4.78 is 0.909. The molecule has 15 heavy (non-hydrogen) atoms. The van der Waals surface area contributed by atoms with Crippen molar-refractivity contribution in [1.82, 2.24) is 10.3 Å². The van der Waals surface area contributed by atoms with Crippen LogP contribution in [-0.4, -0.2) is 33.9 Å². The first-order valence-corrected chi connectivity index (χ1v) is 6.47. The van der Waals surface area contributed by atoms with Crippen LogP contribution in [0.2, 0.25) is 0 Å². The van der Waals surface area contributed by atoms with Crippen molar-refractivity contribution in [1.29, 1.82) is 0 Å². The average Bonchev–Trinajstić information content (AvgIpc) is 2.63. The van der Waals surface area contributed by atoms with Crippen molar-refractivity contribution in [3.8, 4) is 0 Å². The van der Waals surface area contributed by atoms with Gasteiger partial charge in [-0.05, 0) is 0 Å². The standard InChI is InChI=1S/C9H14N2O2S2/c1-6(2)11-7(8(12)13)5-15-9-10-3-4-14-9/h3-4,6-7,11H,5H2,1-2H3,(H,12,13). The van der Waals surface area contributed by atoms with Crippen molar-refractivity contribution in [3.05, 3.63) is 11.6 Å². The Balaban J connectivity index is 2.41. The van der Waals surface area contributed by atoms with Gasteiger partial charge in [0.2, 0.25) is 0 Å². The fourth-order valence-electron chi connectivity index (χ4n) is 1.03. The molecule has 0 aliphatic heterocycles. The van der Waals surface area contributed by atoms with Gasteiger partial charge in [0, 0.05) is 23.4 Å². The maximum Gasteiger partial charge on any atom is 0.321 e. The van der Waals surface area contributed by atoms with Gasteiger partial charge in [-0.1, -0.05) is 25.6 Å². The van der Waals surface area contributed by atoms with Gasteiger partial charge in [-0.2, -0.15) is 0 Å². The number of thioether (sulfide) groups is 1. The van der Waals surface area contributed by atoms with Gasteiger partial charge >= 0.3 is 5.97 Å². The molecule has 0 spiro atoms. The number of nitrogens with one attached hydrogen (secondary N) is 1. The lowest BCUT2D eigenvalue weighted by Crippen LogP contribution is -2.42. The summed E-state index contributed by atoms with van der Waals surface area (Å²) in [6.07, 6.45) is 1.72. The Bertz CT molecular complexity index is 301. The Morgan fingerprint density at radius 2 is 2.47 bits per heavy atom. The van der Waals surface area contributed by atoms with E-state index < -0.39 is 12.0 Å². The Labute approximate surface area is 97.1 Å². The van der Waals surface area contributed by atoms with Crippen LogP contribution in [0.3, 0.4) is 0 Å². The smallest absolute Gasteiger partial charge is 0.321 e. The summed E-state index contributed by atoms with van der Waals surface area (Å²) in [5, 5.41) is 13.8. The summed E-state index contributed by atoms with van der Waals surface area (Å²) in [7, 11) is 0. The Kier molecular flexibility index (Phi) is 5.07. The van der Waals surface area contributed by atoms with E-state index in [-0.39, 0.29) is 6.04 Å². The minimum atomic E-state index is -0.812. The van der Waals surface area contributed by atoms with E-state index in [2.05, 4.69) is 10.3 Å². The zero-order valence-electron chi connectivity index (χ0n) is 8.64. The minimum Gasteiger partial charge on any atom is -0.480 e. The third-order valence-corrected chi connectivity index (χ3v) is 3.68. The van der Waals surface area contributed by atoms with E-state index in [1.54, 1.807) is 6.20 Å². The fraction of sp³-hybridized carbons (Fsp3) is 0.556. The van der Waals surface area contributed by atoms with Gasteiger partial charge in [0.25, 0.3) is 0 Å². The molecule has 1 unspecified atom stereocenters. The summed E-state index contributed by atoms with van der Waals surface area (Å²) in [6.45, 7) is 3.87. The number of thiazole rings is 1. The van der Waals surface area contributed by atoms with Gasteiger partial charge in [-0.15, -0.1) is 11.3 Å². The number of hydrogen-bond donors (Lipinski definition) is 2. The lowest BCUT2D eigenvalue weighted by molar-refractivity contribution is -0.139. The summed E-state index contributed by atoms with van der Waals surface area (Å²) in [5.74, 6) is -0.311. The molecule has 0 saturated carbocycles. The van der Waals surface area contributed by atoms with Gasteiger partial charge in [0.05, 0.1) is 0 Å². The first-order chi connectivity index (χ1) is 7.09. The van der Waals surface area contributed by atoms with E-state index in [1.807, 2.05) is 19.2 Å². The highest BCUT2D eigenvalue weighted by Crippen LogP contribution is 2.20. The lowest BCUT2D eigenvalue weighted by atomic mass is 10.3. The molecule has 0 aromatic carbocycles. The molecule has 0 aliphatic rings. The predicted molar refractivity (Wildman–Crippen MR) is 62.5 cm³/mol. The molecular formula is C9H14N2O2S2. The van der Waals surface area contributed by atoms with Crippen molar-refractivity contribution in [2.75, 3.05) is 5.75 Å². The molecule has 4 nitrogen and oxygen atoms in total. The second kappa shape index (κ2) is 6.09. The van der Waals surface area contributed by atoms with E-state index in [1.165, 1.54) is 23.1 Å². The zero-order chi connectivity index (χ0) is 11.3. The number of aliphatic carboxylic acids is 1. The molecule has 0 amide bonds. The van der Waals surface area contributed by atoms with E-state index in [4.69, 9.17) is 5.11 Å². The van der Waals surface area contributed by atoms with Crippen LogP contribution in [0, 0.1) is 0 Å². The van der Waals surface area contributed by atoms with Crippen LogP contribution in [0.4, 0.5) is 0 Å². The maximum atomic E-state index is 10.9. The van der Waals surface area contributed by atoms with E-state index >= 15 is 0 Å². The van der Waals surface area contributed by atoms with Gasteiger partial charge < -0.3 is 10.4 Å². The van der Waals surface area contributed by atoms with Crippen molar-refractivity contribution in [2.45, 2.75) is 30.3 Å². The number of aromatic nitrogens is 1. The minimum absolute atomic E-state index is 0.169. The summed E-state index contributed by atoms with van der Waals surface area (Å²) >= 11 is 3.00. The molecule has 0 fully saturated rings. The second-order valence-electron chi connectivity index (χ2n) is 3.32. The topological polar surface area (TPSA) is 62.2 Å². The highest BCUT2D eigenvalue weighted by atomic mass is 32.2. The van der Waals surface area contributed by atoms with E-state index in [0.29, 0.717) is 5.75 Å². The van der Waals surface area contributed by atoms with Crippen LogP contribution in [0.15, 0.2) is 15.9 Å². The molecule has 2 N–H and O–H groups in total.